The number of nitrogens with one attached hydrogen (secondary N) is 3. The lowest BCUT2D eigenvalue weighted by Gasteiger charge is -2.37. The maximum absolute atomic E-state index is 6.13. The zero-order valence-electron chi connectivity index (χ0n) is 14.7. The lowest BCUT2D eigenvalue weighted by molar-refractivity contribution is -0.932. The van der Waals surface area contributed by atoms with Gasteiger partial charge in [-0.2, -0.15) is 4.99 Å². The number of fused-ring (bicyclic) bond motifs is 4. The number of aromatic amines is 1. The number of H-pyrrole nitrogens is 1. The normalized spacial score (nSPS) is 24.9. The summed E-state index contributed by atoms with van der Waals surface area (Å²) in [5.41, 5.74) is 9.53. The fourth-order valence-electron chi connectivity index (χ4n) is 4.42. The Bertz CT molecular complexity index is 966. The lowest BCUT2D eigenvalue weighted by atomic mass is 9.95. The van der Waals surface area contributed by atoms with E-state index in [0.29, 0.717) is 5.96 Å². The summed E-state index contributed by atoms with van der Waals surface area (Å²) in [5, 5.41) is 3.20. The largest absolute Gasteiger partial charge is 0.365 e. The fraction of sp³-hybridized carbons (Fsp3) is 0.300. The quantitative estimate of drug-likeness (QED) is 0.516. The molecule has 0 bridgehead atoms. The Balaban J connectivity index is 1.46. The zero-order valence-corrected chi connectivity index (χ0v) is 14.7. The van der Waals surface area contributed by atoms with Crippen molar-refractivity contribution in [2.45, 2.75) is 25.0 Å². The second-order valence-electron chi connectivity index (χ2n) is 7.34. The number of para-hydroxylation sites is 2. The second-order valence-corrected chi connectivity index (χ2v) is 7.34. The first-order valence-corrected chi connectivity index (χ1v) is 9.27. The number of rotatable bonds is 2. The van der Waals surface area contributed by atoms with Crippen molar-refractivity contribution in [1.82, 2.24) is 4.98 Å². The van der Waals surface area contributed by atoms with Gasteiger partial charge in [0.1, 0.15) is 17.6 Å². The van der Waals surface area contributed by atoms with Gasteiger partial charge in [-0.05, 0) is 12.1 Å². The SMILES string of the molecule is NC1=NC2(CC[NH+](Cc3ccccc3)CC2)[n+]2c([nH]c3ccccc32)N1. The van der Waals surface area contributed by atoms with Crippen LogP contribution in [0.4, 0.5) is 5.95 Å². The standard InChI is InChI=1S/C20H22N6/c21-18-23-19-22-16-8-4-5-9-17(16)26(19)20(24-18)10-12-25(13-11-20)14-15-6-2-1-3-7-15/h1-9H,10-14H2,(H3,21,22,23,24)/p+2. The molecule has 1 spiro atoms. The smallest absolute Gasteiger partial charge is 0.357 e. The van der Waals surface area contributed by atoms with Crippen molar-refractivity contribution in [3.8, 4) is 0 Å². The third-order valence-electron chi connectivity index (χ3n) is 5.67. The Morgan fingerprint density at radius 1 is 1.04 bits per heavy atom. The fourth-order valence-corrected chi connectivity index (χ4v) is 4.42. The van der Waals surface area contributed by atoms with Crippen LogP contribution in [0, 0.1) is 0 Å². The Morgan fingerprint density at radius 3 is 2.58 bits per heavy atom. The van der Waals surface area contributed by atoms with E-state index in [4.69, 9.17) is 10.7 Å². The van der Waals surface area contributed by atoms with Crippen LogP contribution in [0.3, 0.4) is 0 Å². The molecule has 5 rings (SSSR count). The molecule has 1 aromatic heterocycles. The number of nitrogens with zero attached hydrogens (tertiary/aromatic N) is 2. The van der Waals surface area contributed by atoms with E-state index < -0.39 is 0 Å². The van der Waals surface area contributed by atoms with Gasteiger partial charge in [-0.25, -0.2) is 14.9 Å². The molecular weight excluding hydrogens is 324 g/mol. The molecule has 6 nitrogen and oxygen atoms in total. The molecule has 1 fully saturated rings. The highest BCUT2D eigenvalue weighted by Gasteiger charge is 2.47. The summed E-state index contributed by atoms with van der Waals surface area (Å²) in [6, 6.07) is 19.1. The van der Waals surface area contributed by atoms with Crippen molar-refractivity contribution in [3.63, 3.8) is 0 Å². The van der Waals surface area contributed by atoms with Crippen molar-refractivity contribution >= 4 is 22.9 Å². The van der Waals surface area contributed by atoms with Gasteiger partial charge in [0.15, 0.2) is 0 Å². The maximum atomic E-state index is 6.13. The predicted octanol–water partition coefficient (Wildman–Crippen LogP) is 0.727. The zero-order chi connectivity index (χ0) is 17.6. The summed E-state index contributed by atoms with van der Waals surface area (Å²) in [5.74, 6) is 1.44. The van der Waals surface area contributed by atoms with Crippen LogP contribution in [0.5, 0.6) is 0 Å². The number of aromatic nitrogens is 2. The summed E-state index contributed by atoms with van der Waals surface area (Å²) in [7, 11) is 0. The number of anilines is 1. The summed E-state index contributed by atoms with van der Waals surface area (Å²) in [6.45, 7) is 3.23. The van der Waals surface area contributed by atoms with Crippen LogP contribution >= 0.6 is 0 Å². The molecule has 26 heavy (non-hydrogen) atoms. The van der Waals surface area contributed by atoms with E-state index in [9.17, 15) is 0 Å². The average Bonchev–Trinajstić information content (AvgIpc) is 3.03. The maximum Gasteiger partial charge on any atom is 0.365 e. The Kier molecular flexibility index (Phi) is 3.46. The van der Waals surface area contributed by atoms with Gasteiger partial charge >= 0.3 is 5.95 Å². The van der Waals surface area contributed by atoms with E-state index in [1.54, 1.807) is 4.90 Å². The number of hydrogen-bond acceptors (Lipinski definition) is 3. The molecule has 132 valence electrons. The molecule has 3 heterocycles. The van der Waals surface area contributed by atoms with Crippen LogP contribution in [-0.2, 0) is 12.2 Å². The number of aliphatic imine (C=N–C) groups is 1. The van der Waals surface area contributed by atoms with Crippen molar-refractivity contribution in [1.29, 1.82) is 0 Å². The summed E-state index contributed by atoms with van der Waals surface area (Å²) in [6.07, 6.45) is 1.97. The van der Waals surface area contributed by atoms with Crippen LogP contribution in [0.15, 0.2) is 59.6 Å². The van der Waals surface area contributed by atoms with Crippen LogP contribution < -0.4 is 20.5 Å². The van der Waals surface area contributed by atoms with Crippen molar-refractivity contribution < 1.29 is 9.47 Å². The van der Waals surface area contributed by atoms with E-state index in [-0.39, 0.29) is 5.66 Å². The molecule has 3 aromatic rings. The van der Waals surface area contributed by atoms with Gasteiger partial charge in [0.25, 0.3) is 5.96 Å². The predicted molar refractivity (Wildman–Crippen MR) is 102 cm³/mol. The van der Waals surface area contributed by atoms with Crippen molar-refractivity contribution in [3.05, 3.63) is 60.2 Å². The molecule has 2 aromatic carbocycles. The third kappa shape index (κ3) is 2.45. The number of nitrogens with two attached hydrogens (primary N) is 1. The summed E-state index contributed by atoms with van der Waals surface area (Å²) >= 11 is 0. The van der Waals surface area contributed by atoms with Crippen LogP contribution in [0.25, 0.3) is 11.0 Å². The highest BCUT2D eigenvalue weighted by atomic mass is 15.4. The van der Waals surface area contributed by atoms with Gasteiger partial charge in [0.2, 0.25) is 5.66 Å². The number of quaternary nitrogens is 1. The van der Waals surface area contributed by atoms with E-state index in [2.05, 4.69) is 63.4 Å². The van der Waals surface area contributed by atoms with E-state index in [1.165, 1.54) is 11.1 Å². The molecule has 5 N–H and O–H groups in total. The molecule has 0 amide bonds. The molecule has 0 saturated carbocycles. The number of benzene rings is 2. The third-order valence-corrected chi connectivity index (χ3v) is 5.67. The monoisotopic (exact) mass is 348 g/mol. The minimum Gasteiger partial charge on any atom is -0.357 e. The van der Waals surface area contributed by atoms with Crippen LogP contribution in [0.1, 0.15) is 18.4 Å². The Morgan fingerprint density at radius 2 is 1.77 bits per heavy atom. The molecule has 6 heteroatoms. The highest BCUT2D eigenvalue weighted by Crippen LogP contribution is 2.29. The second kappa shape index (κ2) is 5.85. The number of guanidine groups is 1. The molecule has 0 radical (unpaired) electrons. The van der Waals surface area contributed by atoms with Gasteiger partial charge in [0, 0.05) is 5.56 Å². The molecule has 2 aliphatic heterocycles. The molecule has 0 aliphatic carbocycles. The van der Waals surface area contributed by atoms with Crippen LogP contribution in [-0.4, -0.2) is 24.0 Å². The van der Waals surface area contributed by atoms with E-state index in [1.807, 2.05) is 6.07 Å². The van der Waals surface area contributed by atoms with Crippen molar-refractivity contribution in [2.24, 2.45) is 10.7 Å². The Hall–Kier alpha value is -2.86. The lowest BCUT2D eigenvalue weighted by Crippen LogP contribution is -3.12. The number of likely N-dealkylation sites (tertiary alicyclic amines) is 1. The van der Waals surface area contributed by atoms with E-state index in [0.717, 1.165) is 43.9 Å². The minimum absolute atomic E-state index is 0.287. The van der Waals surface area contributed by atoms with Gasteiger partial charge in [-0.1, -0.05) is 42.5 Å². The molecular formula is C20H24N6+2. The summed E-state index contributed by atoms with van der Waals surface area (Å²) < 4.78 is 2.32. The molecule has 0 atom stereocenters. The average molecular weight is 348 g/mol. The molecule has 2 aliphatic rings. The van der Waals surface area contributed by atoms with Gasteiger partial charge in [0.05, 0.1) is 25.9 Å². The first kappa shape index (κ1) is 15.4. The topological polar surface area (TPSA) is 74.5 Å². The van der Waals surface area contributed by atoms with Crippen LogP contribution in [0.2, 0.25) is 0 Å². The number of hydrogen-bond donors (Lipinski definition) is 4. The number of imidazole rings is 1. The highest BCUT2D eigenvalue weighted by molar-refractivity contribution is 5.92. The van der Waals surface area contributed by atoms with E-state index >= 15 is 0 Å². The van der Waals surface area contributed by atoms with Gasteiger partial charge < -0.3 is 10.6 Å². The first-order chi connectivity index (χ1) is 12.7. The summed E-state index contributed by atoms with van der Waals surface area (Å²) in [4.78, 5) is 9.95. The van der Waals surface area contributed by atoms with Crippen molar-refractivity contribution in [2.75, 3.05) is 18.4 Å². The minimum atomic E-state index is -0.287. The first-order valence-electron chi connectivity index (χ1n) is 9.27. The Labute approximate surface area is 152 Å². The molecule has 1 saturated heterocycles. The van der Waals surface area contributed by atoms with Gasteiger partial charge in [-0.15, -0.1) is 0 Å². The molecule has 0 unspecified atom stereocenters. The number of piperidine rings is 1. The van der Waals surface area contributed by atoms with Gasteiger partial charge in [-0.3, -0.25) is 0 Å².